The number of amides is 5. The molecule has 7 nitrogen and oxygen atoms in total. The van der Waals surface area contributed by atoms with Gasteiger partial charge in [-0.1, -0.05) is 32.9 Å². The van der Waals surface area contributed by atoms with Crippen LogP contribution in [0.3, 0.4) is 0 Å². The van der Waals surface area contributed by atoms with Crippen LogP contribution in [0.1, 0.15) is 49.9 Å². The van der Waals surface area contributed by atoms with Gasteiger partial charge in [-0.3, -0.25) is 19.3 Å². The molecule has 1 aliphatic heterocycles. The van der Waals surface area contributed by atoms with E-state index in [1.165, 1.54) is 22.3 Å². The van der Waals surface area contributed by atoms with Crippen molar-refractivity contribution in [3.8, 4) is 0 Å². The highest BCUT2D eigenvalue weighted by molar-refractivity contribution is 6.45. The first-order chi connectivity index (χ1) is 13.0. The first kappa shape index (κ1) is 21.6. The molecule has 0 bridgehead atoms. The number of carbonyl (C=O) groups is 4. The number of nitrogens with zero attached hydrogens (tertiary/aromatic N) is 2. The standard InChI is InChI=1S/C21H29N3O4/c1-7-23-18(26)19(27)24(20(23)28)12-17(25)22-9-8-16-13(2)10-15(11-14(16)3)21(4,5)6/h10-11H,7-9,12H2,1-6H3,(H,22,25). The molecular formula is C21H29N3O4. The normalized spacial score (nSPS) is 14.9. The maximum Gasteiger partial charge on any atom is 0.334 e. The highest BCUT2D eigenvalue weighted by Gasteiger charge is 2.44. The van der Waals surface area contributed by atoms with Crippen LogP contribution in [-0.4, -0.2) is 53.2 Å². The number of aryl methyl sites for hydroxylation is 2. The van der Waals surface area contributed by atoms with Gasteiger partial charge < -0.3 is 5.32 Å². The minimum Gasteiger partial charge on any atom is -0.354 e. The zero-order valence-electron chi connectivity index (χ0n) is 17.5. The summed E-state index contributed by atoms with van der Waals surface area (Å²) in [6, 6.07) is 3.62. The molecule has 0 aromatic heterocycles. The molecule has 28 heavy (non-hydrogen) atoms. The van der Waals surface area contributed by atoms with Gasteiger partial charge in [0.25, 0.3) is 0 Å². The third kappa shape index (κ3) is 4.40. The maximum atomic E-state index is 12.2. The lowest BCUT2D eigenvalue weighted by atomic mass is 9.83. The van der Waals surface area contributed by atoms with Crippen LogP contribution in [0.25, 0.3) is 0 Å². The second kappa shape index (κ2) is 8.12. The second-order valence-electron chi connectivity index (χ2n) is 8.16. The Bertz CT molecular complexity index is 800. The number of likely N-dealkylation sites (N-methyl/N-ethyl adjacent to an activating group) is 1. The molecule has 0 saturated carbocycles. The molecule has 5 amide bonds. The third-order valence-electron chi connectivity index (χ3n) is 5.01. The fourth-order valence-electron chi connectivity index (χ4n) is 3.32. The number of urea groups is 1. The number of hydrogen-bond donors (Lipinski definition) is 1. The second-order valence-corrected chi connectivity index (χ2v) is 8.16. The zero-order chi connectivity index (χ0) is 21.2. The highest BCUT2D eigenvalue weighted by atomic mass is 16.2. The number of carbonyl (C=O) groups excluding carboxylic acids is 4. The summed E-state index contributed by atoms with van der Waals surface area (Å²) in [6.45, 7) is 12.3. The van der Waals surface area contributed by atoms with Crippen LogP contribution in [0.5, 0.6) is 0 Å². The van der Waals surface area contributed by atoms with Crippen molar-refractivity contribution >= 4 is 23.8 Å². The van der Waals surface area contributed by atoms with E-state index in [4.69, 9.17) is 0 Å². The van der Waals surface area contributed by atoms with E-state index < -0.39 is 30.3 Å². The lowest BCUT2D eigenvalue weighted by Crippen LogP contribution is -2.42. The lowest BCUT2D eigenvalue weighted by molar-refractivity contribution is -0.143. The summed E-state index contributed by atoms with van der Waals surface area (Å²) in [7, 11) is 0. The molecule has 0 unspecified atom stereocenters. The van der Waals surface area contributed by atoms with Gasteiger partial charge in [-0.2, -0.15) is 0 Å². The van der Waals surface area contributed by atoms with Crippen LogP contribution in [0.4, 0.5) is 4.79 Å². The van der Waals surface area contributed by atoms with Gasteiger partial charge in [-0.25, -0.2) is 9.69 Å². The van der Waals surface area contributed by atoms with Crippen molar-refractivity contribution in [1.82, 2.24) is 15.1 Å². The minimum absolute atomic E-state index is 0.0703. The van der Waals surface area contributed by atoms with E-state index in [-0.39, 0.29) is 12.0 Å². The lowest BCUT2D eigenvalue weighted by Gasteiger charge is -2.22. The van der Waals surface area contributed by atoms with Crippen molar-refractivity contribution in [1.29, 1.82) is 0 Å². The number of hydrogen-bond acceptors (Lipinski definition) is 4. The van der Waals surface area contributed by atoms with Crippen LogP contribution in [0.2, 0.25) is 0 Å². The van der Waals surface area contributed by atoms with E-state index in [1.807, 2.05) is 0 Å². The van der Waals surface area contributed by atoms with E-state index >= 15 is 0 Å². The first-order valence-electron chi connectivity index (χ1n) is 9.52. The molecule has 7 heteroatoms. The average Bonchev–Trinajstić information content (AvgIpc) is 2.79. The molecule has 0 atom stereocenters. The van der Waals surface area contributed by atoms with Crippen LogP contribution >= 0.6 is 0 Å². The van der Waals surface area contributed by atoms with Crippen LogP contribution in [0.15, 0.2) is 12.1 Å². The summed E-state index contributed by atoms with van der Waals surface area (Å²) in [6.07, 6.45) is 0.649. The molecule has 0 spiro atoms. The SMILES string of the molecule is CCN1C(=O)C(=O)N(CC(=O)NCCc2c(C)cc(C(C)(C)C)cc2C)C1=O. The Morgan fingerprint density at radius 1 is 1.00 bits per heavy atom. The van der Waals surface area contributed by atoms with Gasteiger partial charge in [0.15, 0.2) is 0 Å². The fourth-order valence-corrected chi connectivity index (χ4v) is 3.32. The van der Waals surface area contributed by atoms with E-state index in [2.05, 4.69) is 52.1 Å². The Kier molecular flexibility index (Phi) is 6.27. The molecule has 0 radical (unpaired) electrons. The minimum atomic E-state index is -0.952. The van der Waals surface area contributed by atoms with Crippen molar-refractivity contribution in [3.63, 3.8) is 0 Å². The van der Waals surface area contributed by atoms with E-state index in [9.17, 15) is 19.2 Å². The van der Waals surface area contributed by atoms with Crippen LogP contribution < -0.4 is 5.32 Å². The molecule has 152 valence electrons. The van der Waals surface area contributed by atoms with Gasteiger partial charge in [0, 0.05) is 13.1 Å². The monoisotopic (exact) mass is 387 g/mol. The smallest absolute Gasteiger partial charge is 0.334 e. The highest BCUT2D eigenvalue weighted by Crippen LogP contribution is 2.27. The molecule has 1 aliphatic rings. The van der Waals surface area contributed by atoms with E-state index in [1.54, 1.807) is 6.92 Å². The molecule has 0 aliphatic carbocycles. The Balaban J connectivity index is 1.95. The number of imide groups is 2. The molecule has 1 N–H and O–H groups in total. The Morgan fingerprint density at radius 2 is 1.54 bits per heavy atom. The van der Waals surface area contributed by atoms with Crippen molar-refractivity contribution in [2.24, 2.45) is 0 Å². The molecule has 1 aromatic rings. The predicted molar refractivity (Wildman–Crippen MR) is 106 cm³/mol. The van der Waals surface area contributed by atoms with Crippen molar-refractivity contribution in [3.05, 3.63) is 34.4 Å². The molecular weight excluding hydrogens is 358 g/mol. The summed E-state index contributed by atoms with van der Waals surface area (Å²) in [5, 5.41) is 2.73. The zero-order valence-corrected chi connectivity index (χ0v) is 17.5. The molecule has 1 heterocycles. The van der Waals surface area contributed by atoms with Crippen molar-refractivity contribution < 1.29 is 19.2 Å². The summed E-state index contributed by atoms with van der Waals surface area (Å²) in [4.78, 5) is 49.2. The van der Waals surface area contributed by atoms with Crippen LogP contribution in [0, 0.1) is 13.8 Å². The predicted octanol–water partition coefficient (Wildman–Crippen LogP) is 2.07. The van der Waals surface area contributed by atoms with Gasteiger partial charge >= 0.3 is 17.8 Å². The van der Waals surface area contributed by atoms with Gasteiger partial charge in [0.1, 0.15) is 6.54 Å². The van der Waals surface area contributed by atoms with Gasteiger partial charge in [0.05, 0.1) is 0 Å². The Labute approximate surface area is 166 Å². The summed E-state index contributed by atoms with van der Waals surface area (Å²) >= 11 is 0. The number of rotatable bonds is 6. The molecule has 2 rings (SSSR count). The third-order valence-corrected chi connectivity index (χ3v) is 5.01. The topological polar surface area (TPSA) is 86.8 Å². The largest absolute Gasteiger partial charge is 0.354 e. The Morgan fingerprint density at radius 3 is 2.00 bits per heavy atom. The van der Waals surface area contributed by atoms with Gasteiger partial charge in [0.2, 0.25) is 5.91 Å². The maximum absolute atomic E-state index is 12.2. The average molecular weight is 387 g/mol. The van der Waals surface area contributed by atoms with Gasteiger partial charge in [-0.15, -0.1) is 0 Å². The van der Waals surface area contributed by atoms with E-state index in [0.29, 0.717) is 17.9 Å². The Hall–Kier alpha value is -2.70. The van der Waals surface area contributed by atoms with Gasteiger partial charge in [-0.05, 0) is 54.9 Å². The first-order valence-corrected chi connectivity index (χ1v) is 9.52. The summed E-state index contributed by atoms with van der Waals surface area (Å²) in [5.74, 6) is -2.30. The molecule has 1 aromatic carbocycles. The van der Waals surface area contributed by atoms with Crippen molar-refractivity contribution in [2.45, 2.75) is 53.4 Å². The quantitative estimate of drug-likeness (QED) is 0.598. The van der Waals surface area contributed by atoms with Crippen molar-refractivity contribution in [2.75, 3.05) is 19.6 Å². The summed E-state index contributed by atoms with van der Waals surface area (Å²) in [5.41, 5.74) is 4.86. The molecule has 1 saturated heterocycles. The number of nitrogens with one attached hydrogen (secondary N) is 1. The fraction of sp³-hybridized carbons (Fsp3) is 0.524. The van der Waals surface area contributed by atoms with Crippen LogP contribution in [-0.2, 0) is 26.2 Å². The van der Waals surface area contributed by atoms with E-state index in [0.717, 1.165) is 4.90 Å². The number of benzene rings is 1. The molecule has 1 fully saturated rings. The summed E-state index contributed by atoms with van der Waals surface area (Å²) < 4.78 is 0.